The van der Waals surface area contributed by atoms with Crippen molar-refractivity contribution in [3.63, 3.8) is 0 Å². The molecule has 0 heterocycles. The first kappa shape index (κ1) is 22.4. The summed E-state index contributed by atoms with van der Waals surface area (Å²) in [5.74, 6) is -1.12. The van der Waals surface area contributed by atoms with Crippen LogP contribution in [-0.4, -0.2) is 26.5 Å². The number of rotatable bonds is 7. The lowest BCUT2D eigenvalue weighted by atomic mass is 10.1. The molecular weight excluding hydrogens is 412 g/mol. The molecule has 7 heteroatoms. The third-order valence-corrected chi connectivity index (χ3v) is 6.75. The van der Waals surface area contributed by atoms with Crippen molar-refractivity contribution >= 4 is 27.4 Å². The highest BCUT2D eigenvalue weighted by molar-refractivity contribution is 7.92. The Morgan fingerprint density at radius 1 is 0.935 bits per heavy atom. The molecule has 0 amide bonds. The summed E-state index contributed by atoms with van der Waals surface area (Å²) >= 11 is 0. The van der Waals surface area contributed by atoms with Crippen LogP contribution in [0, 0.1) is 20.8 Å². The number of carbonyl (C=O) groups is 1. The van der Waals surface area contributed by atoms with Gasteiger partial charge in [-0.2, -0.15) is 0 Å². The molecule has 0 radical (unpaired) electrons. The van der Waals surface area contributed by atoms with Crippen LogP contribution < -0.4 is 9.62 Å². The Kier molecular flexibility index (Phi) is 6.36. The number of sulfonamides is 1. The summed E-state index contributed by atoms with van der Waals surface area (Å²) in [4.78, 5) is 13.6. The minimum atomic E-state index is -3.92. The lowest BCUT2D eigenvalue weighted by Crippen LogP contribution is -2.21. The molecule has 0 fully saturated rings. The minimum Gasteiger partial charge on any atom is -0.478 e. The van der Waals surface area contributed by atoms with Crippen molar-refractivity contribution in [2.75, 3.05) is 16.7 Å². The first-order chi connectivity index (χ1) is 14.6. The first-order valence-corrected chi connectivity index (χ1v) is 11.3. The Balaban J connectivity index is 2.03. The van der Waals surface area contributed by atoms with Crippen molar-refractivity contribution in [1.29, 1.82) is 0 Å². The molecule has 31 heavy (non-hydrogen) atoms. The molecule has 3 rings (SSSR count). The standard InChI is InChI=1S/C24H26N2O4S/c1-16-12-18(3)23(13-17(16)2)31(29,30)25-21-14-20(24(27)28)10-11-22(21)26(4)15-19-8-6-5-7-9-19/h5-14,25H,15H2,1-4H3,(H,27,28). The van der Waals surface area contributed by atoms with Crippen molar-refractivity contribution in [3.05, 3.63) is 88.5 Å². The molecule has 0 aliphatic heterocycles. The van der Waals surface area contributed by atoms with E-state index in [9.17, 15) is 18.3 Å². The smallest absolute Gasteiger partial charge is 0.335 e. The van der Waals surface area contributed by atoms with E-state index in [1.54, 1.807) is 19.1 Å². The number of nitrogens with zero attached hydrogens (tertiary/aromatic N) is 1. The van der Waals surface area contributed by atoms with E-state index in [-0.39, 0.29) is 16.1 Å². The van der Waals surface area contributed by atoms with Crippen molar-refractivity contribution in [3.8, 4) is 0 Å². The number of benzene rings is 3. The topological polar surface area (TPSA) is 86.7 Å². The van der Waals surface area contributed by atoms with Gasteiger partial charge in [0, 0.05) is 13.6 Å². The predicted octanol–water partition coefficient (Wildman–Crippen LogP) is 4.75. The first-order valence-electron chi connectivity index (χ1n) is 9.81. The summed E-state index contributed by atoms with van der Waals surface area (Å²) in [6.07, 6.45) is 0. The Morgan fingerprint density at radius 2 is 1.58 bits per heavy atom. The van der Waals surface area contributed by atoms with Gasteiger partial charge in [0.25, 0.3) is 10.0 Å². The number of carboxylic acids is 1. The molecule has 0 aliphatic rings. The molecule has 2 N–H and O–H groups in total. The van der Waals surface area contributed by atoms with Gasteiger partial charge in [0.05, 0.1) is 21.8 Å². The normalized spacial score (nSPS) is 11.2. The lowest BCUT2D eigenvalue weighted by molar-refractivity contribution is 0.0697. The van der Waals surface area contributed by atoms with Gasteiger partial charge in [0.15, 0.2) is 0 Å². The Morgan fingerprint density at radius 3 is 2.23 bits per heavy atom. The molecule has 162 valence electrons. The second-order valence-electron chi connectivity index (χ2n) is 7.69. The second-order valence-corrected chi connectivity index (χ2v) is 9.34. The number of nitrogens with one attached hydrogen (secondary N) is 1. The number of hydrogen-bond donors (Lipinski definition) is 2. The van der Waals surface area contributed by atoms with Crippen LogP contribution in [0.3, 0.4) is 0 Å². The number of anilines is 2. The average molecular weight is 439 g/mol. The Labute approximate surface area is 183 Å². The van der Waals surface area contributed by atoms with Gasteiger partial charge in [-0.1, -0.05) is 36.4 Å². The van der Waals surface area contributed by atoms with Crippen LogP contribution in [0.25, 0.3) is 0 Å². The van der Waals surface area contributed by atoms with Crippen LogP contribution >= 0.6 is 0 Å². The molecular formula is C24H26N2O4S. The number of hydrogen-bond acceptors (Lipinski definition) is 4. The van der Waals surface area contributed by atoms with Crippen molar-refractivity contribution in [2.24, 2.45) is 0 Å². The SMILES string of the molecule is Cc1cc(C)c(S(=O)(=O)Nc2cc(C(=O)O)ccc2N(C)Cc2ccccc2)cc1C. The molecule has 3 aromatic rings. The molecule has 6 nitrogen and oxygen atoms in total. The van der Waals surface area contributed by atoms with Gasteiger partial charge >= 0.3 is 5.97 Å². The number of aromatic carboxylic acids is 1. The molecule has 0 aliphatic carbocycles. The van der Waals surface area contributed by atoms with Crippen molar-refractivity contribution in [1.82, 2.24) is 0 Å². The fourth-order valence-electron chi connectivity index (χ4n) is 3.45. The fourth-order valence-corrected chi connectivity index (χ4v) is 4.83. The van der Waals surface area contributed by atoms with Gasteiger partial charge in [-0.15, -0.1) is 0 Å². The molecule has 0 bridgehead atoms. The summed E-state index contributed by atoms with van der Waals surface area (Å²) in [6, 6.07) is 17.7. The highest BCUT2D eigenvalue weighted by Crippen LogP contribution is 2.31. The Bertz CT molecular complexity index is 1220. The van der Waals surface area contributed by atoms with E-state index in [4.69, 9.17) is 0 Å². The quantitative estimate of drug-likeness (QED) is 0.556. The Hall–Kier alpha value is -3.32. The predicted molar refractivity (Wildman–Crippen MR) is 123 cm³/mol. The lowest BCUT2D eigenvalue weighted by Gasteiger charge is -2.24. The maximum absolute atomic E-state index is 13.2. The molecule has 0 saturated heterocycles. The molecule has 0 atom stereocenters. The summed E-state index contributed by atoms with van der Waals surface area (Å²) in [6.45, 7) is 6.07. The van der Waals surface area contributed by atoms with Crippen LogP contribution in [0.15, 0.2) is 65.6 Å². The number of carboxylic acid groups (broad SMARTS) is 1. The van der Waals surface area contributed by atoms with E-state index in [1.165, 1.54) is 12.1 Å². The molecule has 0 saturated carbocycles. The molecule has 0 aromatic heterocycles. The largest absolute Gasteiger partial charge is 0.478 e. The average Bonchev–Trinajstić information content (AvgIpc) is 2.70. The van der Waals surface area contributed by atoms with Crippen LogP contribution in [0.5, 0.6) is 0 Å². The van der Waals surface area contributed by atoms with Gasteiger partial charge in [-0.3, -0.25) is 4.72 Å². The molecule has 0 unspecified atom stereocenters. The minimum absolute atomic E-state index is 0.00590. The van der Waals surface area contributed by atoms with Crippen LogP contribution in [-0.2, 0) is 16.6 Å². The van der Waals surface area contributed by atoms with Crippen molar-refractivity contribution < 1.29 is 18.3 Å². The zero-order chi connectivity index (χ0) is 22.8. The summed E-state index contributed by atoms with van der Waals surface area (Å²) < 4.78 is 29.1. The van der Waals surface area contributed by atoms with Crippen LogP contribution in [0.4, 0.5) is 11.4 Å². The third-order valence-electron chi connectivity index (χ3n) is 5.24. The second kappa shape index (κ2) is 8.81. The maximum Gasteiger partial charge on any atom is 0.335 e. The molecule has 0 spiro atoms. The monoisotopic (exact) mass is 438 g/mol. The summed E-state index contributed by atoms with van der Waals surface area (Å²) in [5.41, 5.74) is 4.36. The van der Waals surface area contributed by atoms with Gasteiger partial charge in [0.1, 0.15) is 0 Å². The van der Waals surface area contributed by atoms with Gasteiger partial charge < -0.3 is 10.0 Å². The zero-order valence-electron chi connectivity index (χ0n) is 18.0. The van der Waals surface area contributed by atoms with E-state index >= 15 is 0 Å². The van der Waals surface area contributed by atoms with E-state index in [0.717, 1.165) is 16.7 Å². The summed E-state index contributed by atoms with van der Waals surface area (Å²) in [5, 5.41) is 9.41. The van der Waals surface area contributed by atoms with E-state index in [0.29, 0.717) is 17.8 Å². The van der Waals surface area contributed by atoms with E-state index in [1.807, 2.05) is 62.2 Å². The zero-order valence-corrected chi connectivity index (χ0v) is 18.8. The van der Waals surface area contributed by atoms with E-state index in [2.05, 4.69) is 4.72 Å². The molecule has 3 aromatic carbocycles. The summed E-state index contributed by atoms with van der Waals surface area (Å²) in [7, 11) is -2.09. The van der Waals surface area contributed by atoms with Crippen LogP contribution in [0.2, 0.25) is 0 Å². The fraction of sp³-hybridized carbons (Fsp3) is 0.208. The highest BCUT2D eigenvalue weighted by Gasteiger charge is 2.21. The number of aryl methyl sites for hydroxylation is 3. The van der Waals surface area contributed by atoms with Gasteiger partial charge in [-0.25, -0.2) is 13.2 Å². The third kappa shape index (κ3) is 5.06. The highest BCUT2D eigenvalue weighted by atomic mass is 32.2. The van der Waals surface area contributed by atoms with E-state index < -0.39 is 16.0 Å². The van der Waals surface area contributed by atoms with Gasteiger partial charge in [0.2, 0.25) is 0 Å². The van der Waals surface area contributed by atoms with Crippen LogP contribution in [0.1, 0.15) is 32.6 Å². The van der Waals surface area contributed by atoms with Crippen molar-refractivity contribution in [2.45, 2.75) is 32.2 Å². The maximum atomic E-state index is 13.2. The van der Waals surface area contributed by atoms with Gasteiger partial charge in [-0.05, 0) is 67.3 Å².